The van der Waals surface area contributed by atoms with E-state index in [0.29, 0.717) is 44.9 Å². The number of thiocarbonyl (C=S) groups is 1. The van der Waals surface area contributed by atoms with Crippen molar-refractivity contribution in [2.75, 3.05) is 30.1 Å². The summed E-state index contributed by atoms with van der Waals surface area (Å²) in [5, 5.41) is 3.77. The van der Waals surface area contributed by atoms with E-state index in [1.807, 2.05) is 35.2 Å². The molecule has 0 saturated carbocycles. The molecule has 0 spiro atoms. The number of hydrogen-bond donors (Lipinski definition) is 2. The first kappa shape index (κ1) is 27.2. The van der Waals surface area contributed by atoms with Gasteiger partial charge >= 0.3 is 5.97 Å². The number of carbonyl (C=O) groups excluding carboxylic acids is 1. The maximum atomic E-state index is 12.4. The lowest BCUT2D eigenvalue weighted by molar-refractivity contribution is 0.0601. The van der Waals surface area contributed by atoms with E-state index in [1.165, 1.54) is 14.2 Å². The third-order valence-electron chi connectivity index (χ3n) is 6.37. The first-order valence-corrected chi connectivity index (χ1v) is 14.4. The number of benzene rings is 2. The molecule has 5 rings (SSSR count). The van der Waals surface area contributed by atoms with Crippen molar-refractivity contribution >= 4 is 44.7 Å². The molecule has 40 heavy (non-hydrogen) atoms. The third kappa shape index (κ3) is 5.36. The first-order chi connectivity index (χ1) is 19.2. The number of methoxy groups -OCH3 is 2. The Bertz CT molecular complexity index is 1670. The number of esters is 1. The van der Waals surface area contributed by atoms with Gasteiger partial charge in [0.1, 0.15) is 23.3 Å². The molecule has 3 heterocycles. The van der Waals surface area contributed by atoms with Gasteiger partial charge in [0.15, 0.2) is 5.11 Å². The zero-order chi connectivity index (χ0) is 28.4. The average molecular weight is 579 g/mol. The van der Waals surface area contributed by atoms with Crippen LogP contribution in [0.1, 0.15) is 33.9 Å². The first-order valence-electron chi connectivity index (χ1n) is 12.1. The summed E-state index contributed by atoms with van der Waals surface area (Å²) in [6, 6.07) is 20.5. The van der Waals surface area contributed by atoms with Crippen LogP contribution < -0.4 is 19.7 Å². The monoisotopic (exact) mass is 578 g/mol. The fourth-order valence-electron chi connectivity index (χ4n) is 4.68. The molecule has 4 aromatic rings. The van der Waals surface area contributed by atoms with Gasteiger partial charge in [0, 0.05) is 23.5 Å². The van der Waals surface area contributed by atoms with Gasteiger partial charge in [-0.25, -0.2) is 13.2 Å². The highest BCUT2D eigenvalue weighted by Gasteiger charge is 2.43. The molecule has 10 nitrogen and oxygen atoms in total. The standard InChI is InChI=1S/C28H26N4O6S2/c1-36-24-16-17(11-12-20(24)31-40(3,34)35)32-26(25(30-28(32)39)21-10-6-7-15-29-21)23-14-13-22(38-23)18-8-4-5-9-19(18)27(33)37-2/h4-16,25-26,31H,1-3H3,(H,30,39)/t25-,26-/m0/s1. The van der Waals surface area contributed by atoms with Crippen molar-refractivity contribution < 1.29 is 27.1 Å². The van der Waals surface area contributed by atoms with Gasteiger partial charge in [-0.15, -0.1) is 0 Å². The van der Waals surface area contributed by atoms with Crippen molar-refractivity contribution in [3.8, 4) is 17.1 Å². The lowest BCUT2D eigenvalue weighted by atomic mass is 10.0. The van der Waals surface area contributed by atoms with E-state index >= 15 is 0 Å². The summed E-state index contributed by atoms with van der Waals surface area (Å²) < 4.78 is 43.0. The molecule has 1 aliphatic rings. The Morgan fingerprint density at radius 2 is 1.85 bits per heavy atom. The molecule has 2 aromatic heterocycles. The predicted octanol–water partition coefficient (Wildman–Crippen LogP) is 4.69. The van der Waals surface area contributed by atoms with Crippen molar-refractivity contribution in [1.29, 1.82) is 0 Å². The number of sulfonamides is 1. The van der Waals surface area contributed by atoms with Gasteiger partial charge in [-0.2, -0.15) is 0 Å². The van der Waals surface area contributed by atoms with E-state index in [9.17, 15) is 13.2 Å². The van der Waals surface area contributed by atoms with E-state index in [-0.39, 0.29) is 6.04 Å². The molecular weight excluding hydrogens is 552 g/mol. The minimum absolute atomic E-state index is 0.296. The Hall–Kier alpha value is -4.42. The lowest BCUT2D eigenvalue weighted by Crippen LogP contribution is -2.29. The highest BCUT2D eigenvalue weighted by atomic mass is 32.2. The molecule has 2 aromatic carbocycles. The minimum atomic E-state index is -3.52. The van der Waals surface area contributed by atoms with Gasteiger partial charge in [-0.3, -0.25) is 9.71 Å². The van der Waals surface area contributed by atoms with Crippen molar-refractivity contribution in [2.45, 2.75) is 12.1 Å². The normalized spacial score (nSPS) is 16.9. The number of anilines is 2. The molecule has 2 atom stereocenters. The smallest absolute Gasteiger partial charge is 0.338 e. The van der Waals surface area contributed by atoms with E-state index in [2.05, 4.69) is 15.0 Å². The average Bonchev–Trinajstić information content (AvgIpc) is 3.57. The molecule has 0 amide bonds. The fraction of sp³-hybridized carbons (Fsp3) is 0.179. The van der Waals surface area contributed by atoms with Crippen LogP contribution in [0.4, 0.5) is 11.4 Å². The topological polar surface area (TPSA) is 123 Å². The van der Waals surface area contributed by atoms with Crippen molar-refractivity contribution in [3.63, 3.8) is 0 Å². The second-order valence-electron chi connectivity index (χ2n) is 8.99. The number of aromatic nitrogens is 1. The van der Waals surface area contributed by atoms with Crippen molar-refractivity contribution in [2.24, 2.45) is 0 Å². The van der Waals surface area contributed by atoms with Crippen LogP contribution in [0.5, 0.6) is 5.75 Å². The number of carbonyl (C=O) groups is 1. The van der Waals surface area contributed by atoms with Gasteiger partial charge in [0.05, 0.1) is 43.5 Å². The number of nitrogens with zero attached hydrogens (tertiary/aromatic N) is 2. The zero-order valence-electron chi connectivity index (χ0n) is 21.8. The molecule has 2 N–H and O–H groups in total. The van der Waals surface area contributed by atoms with Crippen molar-refractivity contribution in [3.05, 3.63) is 96.0 Å². The van der Waals surface area contributed by atoms with Crippen LogP contribution in [0.3, 0.4) is 0 Å². The number of rotatable bonds is 8. The second-order valence-corrected chi connectivity index (χ2v) is 11.1. The molecule has 12 heteroatoms. The van der Waals surface area contributed by atoms with Gasteiger partial charge in [-0.05, 0) is 54.7 Å². The maximum absolute atomic E-state index is 12.4. The van der Waals surface area contributed by atoms with E-state index < -0.39 is 22.0 Å². The molecule has 0 bridgehead atoms. The van der Waals surface area contributed by atoms with Gasteiger partial charge in [0.2, 0.25) is 10.0 Å². The Morgan fingerprint density at radius 1 is 1.07 bits per heavy atom. The number of furan rings is 1. The van der Waals surface area contributed by atoms with Crippen LogP contribution in [-0.2, 0) is 14.8 Å². The lowest BCUT2D eigenvalue weighted by Gasteiger charge is -2.27. The summed E-state index contributed by atoms with van der Waals surface area (Å²) in [5.41, 5.74) is 2.65. The third-order valence-corrected chi connectivity index (χ3v) is 7.28. The molecule has 1 saturated heterocycles. The molecular formula is C28H26N4O6S2. The number of nitrogens with one attached hydrogen (secondary N) is 2. The molecule has 0 radical (unpaired) electrons. The van der Waals surface area contributed by atoms with E-state index in [1.54, 1.807) is 48.7 Å². The highest BCUT2D eigenvalue weighted by Crippen LogP contribution is 2.44. The summed E-state index contributed by atoms with van der Waals surface area (Å²) in [5.74, 6) is 0.895. The van der Waals surface area contributed by atoms with E-state index in [4.69, 9.17) is 26.1 Å². The molecule has 0 aliphatic carbocycles. The molecule has 0 unspecified atom stereocenters. The Morgan fingerprint density at radius 3 is 2.55 bits per heavy atom. The van der Waals surface area contributed by atoms with Crippen LogP contribution in [0.15, 0.2) is 83.4 Å². The van der Waals surface area contributed by atoms with Gasteiger partial charge < -0.3 is 24.1 Å². The molecule has 1 fully saturated rings. The van der Waals surface area contributed by atoms with Gasteiger partial charge in [-0.1, -0.05) is 24.3 Å². The number of ether oxygens (including phenoxy) is 2. The summed E-state index contributed by atoms with van der Waals surface area (Å²) in [6.07, 6.45) is 2.77. The van der Waals surface area contributed by atoms with Gasteiger partial charge in [0.25, 0.3) is 0 Å². The Labute approximate surface area is 237 Å². The largest absolute Gasteiger partial charge is 0.494 e. The minimum Gasteiger partial charge on any atom is -0.494 e. The molecule has 1 aliphatic heterocycles. The fourth-order valence-corrected chi connectivity index (χ4v) is 5.59. The molecule has 206 valence electrons. The summed E-state index contributed by atoms with van der Waals surface area (Å²) in [6.45, 7) is 0. The van der Waals surface area contributed by atoms with Crippen LogP contribution in [-0.4, -0.2) is 45.0 Å². The Balaban J connectivity index is 1.61. The quantitative estimate of drug-likeness (QED) is 0.225. The van der Waals surface area contributed by atoms with Crippen LogP contribution in [0.25, 0.3) is 11.3 Å². The maximum Gasteiger partial charge on any atom is 0.338 e. The second kappa shape index (κ2) is 11.0. The Kier molecular flexibility index (Phi) is 7.46. The van der Waals surface area contributed by atoms with E-state index in [0.717, 1.165) is 11.9 Å². The number of pyridine rings is 1. The number of hydrogen-bond acceptors (Lipinski definition) is 8. The summed E-state index contributed by atoms with van der Waals surface area (Å²) >= 11 is 5.78. The SMILES string of the molecule is COC(=O)c1ccccc1-c1ccc([C@H]2[C@H](c3ccccn3)NC(=S)N2c2ccc(NS(C)(=O)=O)c(OC)c2)o1. The van der Waals surface area contributed by atoms with Crippen LogP contribution >= 0.6 is 12.2 Å². The zero-order valence-corrected chi connectivity index (χ0v) is 23.5. The summed E-state index contributed by atoms with van der Waals surface area (Å²) in [7, 11) is -0.735. The predicted molar refractivity (Wildman–Crippen MR) is 155 cm³/mol. The summed E-state index contributed by atoms with van der Waals surface area (Å²) in [4.78, 5) is 18.8. The van der Waals surface area contributed by atoms with Crippen molar-refractivity contribution in [1.82, 2.24) is 10.3 Å². The van der Waals surface area contributed by atoms with Crippen LogP contribution in [0, 0.1) is 0 Å². The van der Waals surface area contributed by atoms with Crippen LogP contribution in [0.2, 0.25) is 0 Å². The highest BCUT2D eigenvalue weighted by molar-refractivity contribution is 7.92.